The zero-order chi connectivity index (χ0) is 8.72. The second-order valence-electron chi connectivity index (χ2n) is 2.43. The summed E-state index contributed by atoms with van der Waals surface area (Å²) in [6, 6.07) is 2.79. The zero-order valence-corrected chi connectivity index (χ0v) is 5.97. The molecule has 0 unspecified atom stereocenters. The molecule has 2 rings (SSSR count). The second kappa shape index (κ2) is 2.20. The number of hydrogen-bond acceptors (Lipinski definition) is 2. The lowest BCUT2D eigenvalue weighted by molar-refractivity contribution is 0.384. The van der Waals surface area contributed by atoms with Crippen LogP contribution in [-0.2, 0) is 0 Å². The van der Waals surface area contributed by atoms with E-state index in [9.17, 15) is 8.78 Å². The molecule has 0 fully saturated rings. The number of anilines is 1. The Hall–Kier alpha value is -1.58. The molecule has 1 aromatic carbocycles. The quantitative estimate of drug-likeness (QED) is 0.657. The van der Waals surface area contributed by atoms with Gasteiger partial charge in [-0.15, -0.1) is 0 Å². The Kier molecular flexibility index (Phi) is 1.30. The summed E-state index contributed by atoms with van der Waals surface area (Å²) in [6.07, 6.45) is 0. The Morgan fingerprint density at radius 3 is 2.75 bits per heavy atom. The first-order chi connectivity index (χ1) is 5.68. The van der Waals surface area contributed by atoms with Crippen LogP contribution in [0.1, 0.15) is 0 Å². The fraction of sp³-hybridized carbons (Fsp3) is 0. The molecule has 0 bridgehead atoms. The maximum absolute atomic E-state index is 12.7. The van der Waals surface area contributed by atoms with Crippen LogP contribution in [0.2, 0.25) is 0 Å². The van der Waals surface area contributed by atoms with Gasteiger partial charge >= 0.3 is 6.01 Å². The summed E-state index contributed by atoms with van der Waals surface area (Å²) in [5.74, 6) is -0.463. The number of nitrogens with two attached hydrogens (primary N) is 1. The predicted molar refractivity (Wildman–Crippen MR) is 40.5 cm³/mol. The van der Waals surface area contributed by atoms with Crippen molar-refractivity contribution < 1.29 is 13.2 Å². The number of halogens is 2. The van der Waals surface area contributed by atoms with Crippen LogP contribution in [0.5, 0.6) is 0 Å². The number of hydrogen-bond donors (Lipinski definition) is 1. The van der Waals surface area contributed by atoms with Crippen LogP contribution in [0.4, 0.5) is 14.5 Å². The normalized spacial score (nSPS) is 10.8. The third-order valence-corrected chi connectivity index (χ3v) is 1.64. The predicted octanol–water partition coefficient (Wildman–Crippen LogP) is 2.29. The molecule has 0 saturated carbocycles. The third-order valence-electron chi connectivity index (χ3n) is 1.64. The molecule has 0 radical (unpaired) electrons. The van der Waals surface area contributed by atoms with Gasteiger partial charge < -0.3 is 10.2 Å². The number of fused-ring (bicyclic) bond motifs is 1. The molecule has 0 spiro atoms. The summed E-state index contributed by atoms with van der Waals surface area (Å²) in [5, 5.41) is 0.271. The molecule has 0 aliphatic rings. The van der Waals surface area contributed by atoms with E-state index >= 15 is 0 Å². The second-order valence-corrected chi connectivity index (χ2v) is 2.43. The van der Waals surface area contributed by atoms with Crippen LogP contribution < -0.4 is 5.73 Å². The van der Waals surface area contributed by atoms with Gasteiger partial charge in [0, 0.05) is 5.39 Å². The van der Waals surface area contributed by atoms with E-state index in [0.717, 1.165) is 6.07 Å². The molecule has 0 aliphatic carbocycles. The Morgan fingerprint density at radius 1 is 1.25 bits per heavy atom. The number of nitrogen functional groups attached to an aromatic ring is 1. The van der Waals surface area contributed by atoms with Gasteiger partial charge in [-0.2, -0.15) is 4.39 Å². The van der Waals surface area contributed by atoms with E-state index in [1.807, 2.05) is 0 Å². The molecule has 0 saturated heterocycles. The Morgan fingerprint density at radius 2 is 2.00 bits per heavy atom. The van der Waals surface area contributed by atoms with Gasteiger partial charge in [0.25, 0.3) is 0 Å². The number of rotatable bonds is 0. The van der Waals surface area contributed by atoms with Crippen LogP contribution in [0.15, 0.2) is 22.6 Å². The van der Waals surface area contributed by atoms with Gasteiger partial charge in [-0.3, -0.25) is 0 Å². The van der Waals surface area contributed by atoms with Crippen molar-refractivity contribution in [3.8, 4) is 0 Å². The van der Waals surface area contributed by atoms with Gasteiger partial charge in [-0.05, 0) is 18.2 Å². The highest BCUT2D eigenvalue weighted by Gasteiger charge is 2.10. The molecule has 62 valence electrons. The molecular weight excluding hydrogens is 164 g/mol. The smallest absolute Gasteiger partial charge is 0.302 e. The summed E-state index contributed by atoms with van der Waals surface area (Å²) in [5.41, 5.74) is 5.38. The lowest BCUT2D eigenvalue weighted by Crippen LogP contribution is -1.84. The Labute approximate surface area is 66.6 Å². The van der Waals surface area contributed by atoms with Crippen molar-refractivity contribution in [2.24, 2.45) is 0 Å². The lowest BCUT2D eigenvalue weighted by atomic mass is 10.2. The Balaban J connectivity index is 2.88. The highest BCUT2D eigenvalue weighted by Crippen LogP contribution is 2.27. The van der Waals surface area contributed by atoms with E-state index in [1.54, 1.807) is 0 Å². The summed E-state index contributed by atoms with van der Waals surface area (Å²) in [4.78, 5) is 0. The van der Waals surface area contributed by atoms with Gasteiger partial charge in [-0.1, -0.05) is 0 Å². The van der Waals surface area contributed by atoms with Crippen molar-refractivity contribution in [1.82, 2.24) is 0 Å². The van der Waals surface area contributed by atoms with Crippen LogP contribution in [0.25, 0.3) is 11.0 Å². The lowest BCUT2D eigenvalue weighted by Gasteiger charge is -1.88. The largest absolute Gasteiger partial charge is 0.429 e. The van der Waals surface area contributed by atoms with E-state index in [-0.39, 0.29) is 16.7 Å². The first-order valence-corrected chi connectivity index (χ1v) is 3.31. The summed E-state index contributed by atoms with van der Waals surface area (Å²) >= 11 is 0. The molecule has 12 heavy (non-hydrogen) atoms. The molecule has 0 atom stereocenters. The minimum Gasteiger partial charge on any atom is -0.429 e. The Bertz CT molecular complexity index is 436. The van der Waals surface area contributed by atoms with Gasteiger partial charge in [0.2, 0.25) is 0 Å². The van der Waals surface area contributed by atoms with Gasteiger partial charge in [0.15, 0.2) is 0 Å². The molecular formula is C8H5F2NO. The van der Waals surface area contributed by atoms with Crippen molar-refractivity contribution in [2.75, 3.05) is 5.73 Å². The maximum atomic E-state index is 12.7. The molecule has 2 nitrogen and oxygen atoms in total. The maximum Gasteiger partial charge on any atom is 0.302 e. The van der Waals surface area contributed by atoms with E-state index in [0.29, 0.717) is 0 Å². The standard InChI is InChI=1S/C8H5F2NO/c9-4-1-2-6-5(3-4)7(11)8(10)12-6/h1-3H,11H2. The van der Waals surface area contributed by atoms with Crippen molar-refractivity contribution in [1.29, 1.82) is 0 Å². The minimum atomic E-state index is -0.865. The van der Waals surface area contributed by atoms with Gasteiger partial charge in [-0.25, -0.2) is 4.39 Å². The molecule has 2 N–H and O–H groups in total. The van der Waals surface area contributed by atoms with Crippen molar-refractivity contribution in [2.45, 2.75) is 0 Å². The first-order valence-electron chi connectivity index (χ1n) is 3.31. The fourth-order valence-electron chi connectivity index (χ4n) is 1.06. The fourth-order valence-corrected chi connectivity index (χ4v) is 1.06. The van der Waals surface area contributed by atoms with Crippen LogP contribution in [0.3, 0.4) is 0 Å². The van der Waals surface area contributed by atoms with E-state index in [1.165, 1.54) is 12.1 Å². The molecule has 4 heteroatoms. The van der Waals surface area contributed by atoms with E-state index < -0.39 is 11.8 Å². The van der Waals surface area contributed by atoms with Crippen molar-refractivity contribution in [3.63, 3.8) is 0 Å². The average Bonchev–Trinajstić information content (AvgIpc) is 2.31. The van der Waals surface area contributed by atoms with Crippen molar-refractivity contribution in [3.05, 3.63) is 30.0 Å². The summed E-state index contributed by atoms with van der Waals surface area (Å²) < 4.78 is 29.9. The third kappa shape index (κ3) is 0.845. The summed E-state index contributed by atoms with van der Waals surface area (Å²) in [7, 11) is 0. The zero-order valence-electron chi connectivity index (χ0n) is 5.97. The molecule has 0 amide bonds. The minimum absolute atomic E-state index is 0.149. The average molecular weight is 169 g/mol. The van der Waals surface area contributed by atoms with Gasteiger partial charge in [0.05, 0.1) is 0 Å². The molecule has 2 aromatic rings. The summed E-state index contributed by atoms with van der Waals surface area (Å²) in [6.45, 7) is 0. The highest BCUT2D eigenvalue weighted by molar-refractivity contribution is 5.89. The van der Waals surface area contributed by atoms with Crippen molar-refractivity contribution >= 4 is 16.7 Å². The van der Waals surface area contributed by atoms with Crippen LogP contribution in [0, 0.1) is 11.8 Å². The number of furan rings is 1. The SMILES string of the molecule is Nc1c(F)oc2ccc(F)cc12. The van der Waals surface area contributed by atoms with E-state index in [4.69, 9.17) is 5.73 Å². The first kappa shape index (κ1) is 7.09. The van der Waals surface area contributed by atoms with Crippen LogP contribution >= 0.6 is 0 Å². The van der Waals surface area contributed by atoms with Gasteiger partial charge in [0.1, 0.15) is 17.1 Å². The topological polar surface area (TPSA) is 39.2 Å². The molecule has 1 heterocycles. The molecule has 1 aromatic heterocycles. The monoisotopic (exact) mass is 169 g/mol. The number of benzene rings is 1. The van der Waals surface area contributed by atoms with E-state index in [2.05, 4.69) is 4.42 Å². The molecule has 0 aliphatic heterocycles. The highest BCUT2D eigenvalue weighted by atomic mass is 19.1. The van der Waals surface area contributed by atoms with Crippen LogP contribution in [-0.4, -0.2) is 0 Å².